The molecule has 1 N–H and O–H groups in total. The normalized spacial score (nSPS) is 18.9. The van der Waals surface area contributed by atoms with Gasteiger partial charge in [0.25, 0.3) is 0 Å². The Morgan fingerprint density at radius 3 is 3.05 bits per heavy atom. The van der Waals surface area contributed by atoms with Crippen LogP contribution in [0.1, 0.15) is 19.8 Å². The highest BCUT2D eigenvalue weighted by molar-refractivity contribution is 6.05. The number of fused-ring (bicyclic) bond motifs is 1. The summed E-state index contributed by atoms with van der Waals surface area (Å²) in [5, 5.41) is 4.39. The first-order chi connectivity index (χ1) is 9.81. The van der Waals surface area contributed by atoms with E-state index in [1.807, 2.05) is 35.2 Å². The second kappa shape index (κ2) is 5.59. The number of para-hydroxylation sites is 1. The summed E-state index contributed by atoms with van der Waals surface area (Å²) in [6, 6.07) is 9.89. The number of carbonyl (C=O) groups is 1. The van der Waals surface area contributed by atoms with Gasteiger partial charge in [0.1, 0.15) is 0 Å². The minimum absolute atomic E-state index is 0.0473. The fourth-order valence-electron chi connectivity index (χ4n) is 2.73. The highest BCUT2D eigenvalue weighted by Gasteiger charge is 2.32. The lowest BCUT2D eigenvalue weighted by Crippen LogP contribution is -2.38. The summed E-state index contributed by atoms with van der Waals surface area (Å²) < 4.78 is 0. The molecular weight excluding hydrogens is 250 g/mol. The van der Waals surface area contributed by atoms with Gasteiger partial charge in [-0.15, -0.1) is 0 Å². The van der Waals surface area contributed by atoms with E-state index >= 15 is 0 Å². The molecule has 1 amide bonds. The molecule has 2 heterocycles. The van der Waals surface area contributed by atoms with Crippen LogP contribution in [0.2, 0.25) is 0 Å². The van der Waals surface area contributed by atoms with E-state index in [0.717, 1.165) is 42.5 Å². The quantitative estimate of drug-likeness (QED) is 0.926. The smallest absolute Gasteiger partial charge is 0.244 e. The minimum Gasteiger partial charge on any atom is -0.309 e. The number of aromatic nitrogens is 1. The van der Waals surface area contributed by atoms with Crippen molar-refractivity contribution in [2.45, 2.75) is 25.8 Å². The van der Waals surface area contributed by atoms with Crippen LogP contribution in [0.15, 0.2) is 36.5 Å². The monoisotopic (exact) mass is 269 g/mol. The number of hydrogen-bond acceptors (Lipinski definition) is 3. The van der Waals surface area contributed by atoms with Crippen LogP contribution in [-0.4, -0.2) is 30.0 Å². The molecule has 0 saturated carbocycles. The Bertz CT molecular complexity index is 621. The zero-order valence-electron chi connectivity index (χ0n) is 11.7. The number of amides is 1. The number of nitrogens with zero attached hydrogens (tertiary/aromatic N) is 2. The van der Waals surface area contributed by atoms with E-state index in [4.69, 9.17) is 0 Å². The number of nitrogens with one attached hydrogen (secondary N) is 1. The number of benzene rings is 1. The predicted octanol–water partition coefficient (Wildman–Crippen LogP) is 2.34. The Labute approximate surface area is 118 Å². The number of carbonyl (C=O) groups excluding carboxylic acids is 1. The third kappa shape index (κ3) is 2.27. The number of hydrogen-bond donors (Lipinski definition) is 1. The van der Waals surface area contributed by atoms with E-state index in [-0.39, 0.29) is 11.9 Å². The van der Waals surface area contributed by atoms with Crippen LogP contribution in [0.5, 0.6) is 0 Å². The van der Waals surface area contributed by atoms with Crippen molar-refractivity contribution >= 4 is 22.5 Å². The first-order valence-electron chi connectivity index (χ1n) is 7.19. The van der Waals surface area contributed by atoms with Crippen molar-refractivity contribution in [3.8, 4) is 0 Å². The Hall–Kier alpha value is -1.94. The average molecular weight is 269 g/mol. The number of rotatable bonds is 4. The highest BCUT2D eigenvalue weighted by atomic mass is 16.2. The van der Waals surface area contributed by atoms with Gasteiger partial charge in [0.05, 0.1) is 17.2 Å². The standard InChI is InChI=1S/C16H19N3O/c1-2-9-17-13-8-11-19(16(13)20)14-7-3-5-12-6-4-10-18-15(12)14/h3-7,10,13,17H,2,8-9,11H2,1H3. The third-order valence-electron chi connectivity index (χ3n) is 3.75. The van der Waals surface area contributed by atoms with Crippen LogP contribution < -0.4 is 10.2 Å². The van der Waals surface area contributed by atoms with E-state index in [2.05, 4.69) is 17.2 Å². The average Bonchev–Trinajstić information content (AvgIpc) is 2.85. The first kappa shape index (κ1) is 13.1. The molecule has 3 rings (SSSR count). The van der Waals surface area contributed by atoms with Gasteiger partial charge in [0.15, 0.2) is 0 Å². The summed E-state index contributed by atoms with van der Waals surface area (Å²) >= 11 is 0. The molecule has 1 aromatic carbocycles. The molecule has 2 aromatic rings. The zero-order chi connectivity index (χ0) is 13.9. The van der Waals surface area contributed by atoms with Crippen LogP contribution in [0, 0.1) is 0 Å². The summed E-state index contributed by atoms with van der Waals surface area (Å²) in [6.07, 6.45) is 3.68. The summed E-state index contributed by atoms with van der Waals surface area (Å²) in [5.41, 5.74) is 1.83. The minimum atomic E-state index is -0.0473. The van der Waals surface area contributed by atoms with Gasteiger partial charge in [-0.05, 0) is 31.5 Å². The third-order valence-corrected chi connectivity index (χ3v) is 3.75. The van der Waals surface area contributed by atoms with Crippen LogP contribution in [0.25, 0.3) is 10.9 Å². The molecule has 4 heteroatoms. The van der Waals surface area contributed by atoms with Crippen molar-refractivity contribution in [1.29, 1.82) is 0 Å². The van der Waals surface area contributed by atoms with Crippen molar-refractivity contribution in [1.82, 2.24) is 10.3 Å². The Kier molecular flexibility index (Phi) is 3.65. The van der Waals surface area contributed by atoms with Crippen molar-refractivity contribution in [2.24, 2.45) is 0 Å². The lowest BCUT2D eigenvalue weighted by Gasteiger charge is -2.18. The maximum absolute atomic E-state index is 12.5. The molecule has 0 spiro atoms. The van der Waals surface area contributed by atoms with Crippen molar-refractivity contribution in [3.63, 3.8) is 0 Å². The molecule has 1 aromatic heterocycles. The van der Waals surface area contributed by atoms with Crippen molar-refractivity contribution in [3.05, 3.63) is 36.5 Å². The first-order valence-corrected chi connectivity index (χ1v) is 7.19. The molecule has 20 heavy (non-hydrogen) atoms. The molecule has 1 atom stereocenters. The Morgan fingerprint density at radius 1 is 1.35 bits per heavy atom. The van der Waals surface area contributed by atoms with Crippen LogP contribution in [0.3, 0.4) is 0 Å². The molecule has 1 unspecified atom stereocenters. The molecule has 1 saturated heterocycles. The fourth-order valence-corrected chi connectivity index (χ4v) is 2.73. The maximum atomic E-state index is 12.5. The van der Waals surface area contributed by atoms with E-state index in [1.165, 1.54) is 0 Å². The molecule has 0 bridgehead atoms. The molecule has 1 aliphatic rings. The molecule has 1 fully saturated rings. The van der Waals surface area contributed by atoms with Crippen LogP contribution >= 0.6 is 0 Å². The van der Waals surface area contributed by atoms with Crippen LogP contribution in [0.4, 0.5) is 5.69 Å². The largest absolute Gasteiger partial charge is 0.309 e. The van der Waals surface area contributed by atoms with E-state index in [9.17, 15) is 4.79 Å². The molecule has 0 aliphatic carbocycles. The Balaban J connectivity index is 1.91. The fraction of sp³-hybridized carbons (Fsp3) is 0.375. The zero-order valence-corrected chi connectivity index (χ0v) is 11.7. The van der Waals surface area contributed by atoms with Gasteiger partial charge < -0.3 is 10.2 Å². The highest BCUT2D eigenvalue weighted by Crippen LogP contribution is 2.28. The second-order valence-electron chi connectivity index (χ2n) is 5.14. The SMILES string of the molecule is CCCNC1CCN(c2cccc3cccnc23)C1=O. The van der Waals surface area contributed by atoms with Gasteiger partial charge in [-0.25, -0.2) is 0 Å². The van der Waals surface area contributed by atoms with Crippen molar-refractivity contribution < 1.29 is 4.79 Å². The summed E-state index contributed by atoms with van der Waals surface area (Å²) in [5.74, 6) is 0.164. The van der Waals surface area contributed by atoms with Gasteiger partial charge in [-0.3, -0.25) is 9.78 Å². The van der Waals surface area contributed by atoms with E-state index in [1.54, 1.807) is 6.20 Å². The van der Waals surface area contributed by atoms with Gasteiger partial charge >= 0.3 is 0 Å². The van der Waals surface area contributed by atoms with Gasteiger partial charge in [0.2, 0.25) is 5.91 Å². The Morgan fingerprint density at radius 2 is 2.20 bits per heavy atom. The maximum Gasteiger partial charge on any atom is 0.244 e. The molecule has 0 radical (unpaired) electrons. The molecule has 104 valence electrons. The van der Waals surface area contributed by atoms with Gasteiger partial charge in [0, 0.05) is 18.1 Å². The summed E-state index contributed by atoms with van der Waals surface area (Å²) in [6.45, 7) is 3.76. The molecular formula is C16H19N3O. The topological polar surface area (TPSA) is 45.2 Å². The summed E-state index contributed by atoms with van der Waals surface area (Å²) in [4.78, 5) is 18.8. The van der Waals surface area contributed by atoms with E-state index < -0.39 is 0 Å². The number of pyridine rings is 1. The number of anilines is 1. The van der Waals surface area contributed by atoms with Crippen molar-refractivity contribution in [2.75, 3.05) is 18.0 Å². The van der Waals surface area contributed by atoms with Gasteiger partial charge in [-0.2, -0.15) is 0 Å². The van der Waals surface area contributed by atoms with Gasteiger partial charge in [-0.1, -0.05) is 25.1 Å². The molecule has 1 aliphatic heterocycles. The lowest BCUT2D eigenvalue weighted by molar-refractivity contribution is -0.118. The van der Waals surface area contributed by atoms with Crippen LogP contribution in [-0.2, 0) is 4.79 Å². The van der Waals surface area contributed by atoms with E-state index in [0.29, 0.717) is 0 Å². The predicted molar refractivity (Wildman–Crippen MR) is 80.8 cm³/mol. The second-order valence-corrected chi connectivity index (χ2v) is 5.14. The summed E-state index contributed by atoms with van der Waals surface area (Å²) in [7, 11) is 0. The lowest BCUT2D eigenvalue weighted by atomic mass is 10.2. The molecule has 4 nitrogen and oxygen atoms in total.